The molecule has 0 fully saturated rings. The number of hydrogen-bond acceptors (Lipinski definition) is 2. The van der Waals surface area contributed by atoms with Gasteiger partial charge in [-0.3, -0.25) is 4.99 Å². The van der Waals surface area contributed by atoms with Crippen molar-refractivity contribution in [2.24, 2.45) is 4.99 Å². The minimum atomic E-state index is 0.652. The molecule has 0 spiro atoms. The quantitative estimate of drug-likeness (QED) is 0.637. The van der Waals surface area contributed by atoms with Gasteiger partial charge < -0.3 is 0 Å². The van der Waals surface area contributed by atoms with Gasteiger partial charge in [0.05, 0.1) is 15.0 Å². The van der Waals surface area contributed by atoms with E-state index in [2.05, 4.69) is 20.9 Å². The van der Waals surface area contributed by atoms with Gasteiger partial charge in [-0.25, -0.2) is 0 Å². The molecule has 0 amide bonds. The molecule has 0 aliphatic rings. The molecule has 0 N–H and O–H groups in total. The van der Waals surface area contributed by atoms with Gasteiger partial charge in [-0.05, 0) is 46.3 Å². The van der Waals surface area contributed by atoms with E-state index in [1.165, 1.54) is 11.3 Å². The predicted molar refractivity (Wildman–Crippen MR) is 75.7 cm³/mol. The highest BCUT2D eigenvalue weighted by Gasteiger charge is 1.98. The Bertz CT molecular complexity index is 537. The van der Waals surface area contributed by atoms with Crippen molar-refractivity contribution in [1.29, 1.82) is 0 Å². The molecular weight excluding hydrogens is 329 g/mol. The molecule has 0 aliphatic carbocycles. The molecule has 1 aromatic heterocycles. The van der Waals surface area contributed by atoms with Crippen molar-refractivity contribution in [3.63, 3.8) is 0 Å². The third-order valence-corrected chi connectivity index (χ3v) is 4.24. The Morgan fingerprint density at radius 1 is 1.19 bits per heavy atom. The van der Waals surface area contributed by atoms with Crippen molar-refractivity contribution in [1.82, 2.24) is 0 Å². The van der Waals surface area contributed by atoms with Gasteiger partial charge in [0.25, 0.3) is 0 Å². The van der Waals surface area contributed by atoms with E-state index in [1.807, 2.05) is 24.3 Å². The number of benzene rings is 1. The fourth-order valence-electron chi connectivity index (χ4n) is 1.10. The van der Waals surface area contributed by atoms with Crippen molar-refractivity contribution < 1.29 is 0 Å². The lowest BCUT2D eigenvalue weighted by Crippen LogP contribution is -1.73. The summed E-state index contributed by atoms with van der Waals surface area (Å²) in [4.78, 5) is 5.33. The molecule has 0 radical (unpaired) electrons. The highest BCUT2D eigenvalue weighted by molar-refractivity contribution is 9.10. The van der Waals surface area contributed by atoms with E-state index >= 15 is 0 Å². The number of hydrogen-bond donors (Lipinski definition) is 0. The van der Waals surface area contributed by atoms with Crippen molar-refractivity contribution >= 4 is 62.4 Å². The fraction of sp³-hybridized carbons (Fsp3) is 0. The standard InChI is InChI=1S/C11H6BrCl2NS/c12-9-3-1-7(5-10(9)13)15-6-8-2-4-11(14)16-8/h1-6H. The molecule has 0 aliphatic heterocycles. The molecule has 2 rings (SSSR count). The third-order valence-electron chi connectivity index (χ3n) is 1.84. The SMILES string of the molecule is Clc1ccc(C=Nc2ccc(Br)c(Cl)c2)s1. The molecular formula is C11H6BrCl2NS. The number of aliphatic imine (C=N–C) groups is 1. The van der Waals surface area contributed by atoms with E-state index in [4.69, 9.17) is 23.2 Å². The second-order valence-electron chi connectivity index (χ2n) is 3.00. The molecule has 0 unspecified atom stereocenters. The number of thiophene rings is 1. The summed E-state index contributed by atoms with van der Waals surface area (Å²) in [6.45, 7) is 0. The van der Waals surface area contributed by atoms with Gasteiger partial charge >= 0.3 is 0 Å². The van der Waals surface area contributed by atoms with Crippen molar-refractivity contribution in [2.75, 3.05) is 0 Å². The van der Waals surface area contributed by atoms with E-state index in [0.717, 1.165) is 19.4 Å². The van der Waals surface area contributed by atoms with E-state index in [9.17, 15) is 0 Å². The van der Waals surface area contributed by atoms with Crippen molar-refractivity contribution in [3.05, 3.63) is 49.0 Å². The van der Waals surface area contributed by atoms with Gasteiger partial charge in [-0.1, -0.05) is 23.2 Å². The zero-order chi connectivity index (χ0) is 11.5. The zero-order valence-electron chi connectivity index (χ0n) is 7.95. The summed E-state index contributed by atoms with van der Waals surface area (Å²) < 4.78 is 1.63. The van der Waals surface area contributed by atoms with Crippen LogP contribution in [0.1, 0.15) is 4.88 Å². The minimum absolute atomic E-state index is 0.652. The van der Waals surface area contributed by atoms with Crippen molar-refractivity contribution in [3.8, 4) is 0 Å². The lowest BCUT2D eigenvalue weighted by atomic mass is 10.3. The summed E-state index contributed by atoms with van der Waals surface area (Å²) in [7, 11) is 0. The van der Waals surface area contributed by atoms with Gasteiger partial charge in [-0.15, -0.1) is 11.3 Å². The molecule has 2 aromatic rings. The van der Waals surface area contributed by atoms with Gasteiger partial charge in [0.1, 0.15) is 0 Å². The lowest BCUT2D eigenvalue weighted by Gasteiger charge is -1.96. The van der Waals surface area contributed by atoms with Crippen LogP contribution in [0.2, 0.25) is 9.36 Å². The first kappa shape index (κ1) is 12.1. The van der Waals surface area contributed by atoms with Crippen LogP contribution in [0.25, 0.3) is 0 Å². The van der Waals surface area contributed by atoms with E-state index in [1.54, 1.807) is 12.3 Å². The van der Waals surface area contributed by atoms with E-state index < -0.39 is 0 Å². The summed E-state index contributed by atoms with van der Waals surface area (Å²) in [5.74, 6) is 0. The fourth-order valence-corrected chi connectivity index (χ4v) is 2.46. The van der Waals surface area contributed by atoms with Gasteiger partial charge in [0.15, 0.2) is 0 Å². The average molecular weight is 335 g/mol. The molecule has 0 bridgehead atoms. The first-order chi connectivity index (χ1) is 7.65. The van der Waals surface area contributed by atoms with Crippen molar-refractivity contribution in [2.45, 2.75) is 0 Å². The maximum Gasteiger partial charge on any atom is 0.0935 e. The van der Waals surface area contributed by atoms with Crippen LogP contribution < -0.4 is 0 Å². The van der Waals surface area contributed by atoms with Crippen LogP contribution in [-0.4, -0.2) is 6.21 Å². The van der Waals surface area contributed by atoms with Crippen LogP contribution in [0.3, 0.4) is 0 Å². The van der Waals surface area contributed by atoms with Crippen LogP contribution in [0.5, 0.6) is 0 Å². The Morgan fingerprint density at radius 3 is 2.62 bits per heavy atom. The summed E-state index contributed by atoms with van der Waals surface area (Å²) in [6, 6.07) is 9.34. The molecule has 1 heterocycles. The predicted octanol–water partition coefficient (Wildman–Crippen LogP) is 5.57. The van der Waals surface area contributed by atoms with Crippen LogP contribution in [0, 0.1) is 0 Å². The first-order valence-electron chi connectivity index (χ1n) is 4.39. The summed E-state index contributed by atoms with van der Waals surface area (Å²) in [5.41, 5.74) is 0.817. The molecule has 0 saturated carbocycles. The monoisotopic (exact) mass is 333 g/mol. The van der Waals surface area contributed by atoms with E-state index in [-0.39, 0.29) is 0 Å². The Labute approximate surface area is 116 Å². The van der Waals surface area contributed by atoms with E-state index in [0.29, 0.717) is 5.02 Å². The normalized spacial score (nSPS) is 11.2. The van der Waals surface area contributed by atoms with Crippen LogP contribution in [-0.2, 0) is 0 Å². The minimum Gasteiger partial charge on any atom is -0.255 e. The van der Waals surface area contributed by atoms with Gasteiger partial charge in [0, 0.05) is 15.6 Å². The third kappa shape index (κ3) is 3.08. The highest BCUT2D eigenvalue weighted by Crippen LogP contribution is 2.27. The topological polar surface area (TPSA) is 12.4 Å². The molecule has 0 atom stereocenters. The molecule has 5 heteroatoms. The maximum atomic E-state index is 5.96. The van der Waals surface area contributed by atoms with Gasteiger partial charge in [-0.2, -0.15) is 0 Å². The number of halogens is 3. The van der Waals surface area contributed by atoms with Gasteiger partial charge in [0.2, 0.25) is 0 Å². The lowest BCUT2D eigenvalue weighted by molar-refractivity contribution is 1.52. The summed E-state index contributed by atoms with van der Waals surface area (Å²) in [5, 5.41) is 0.652. The Morgan fingerprint density at radius 2 is 2.00 bits per heavy atom. The first-order valence-corrected chi connectivity index (χ1v) is 6.76. The number of nitrogens with zero attached hydrogens (tertiary/aromatic N) is 1. The zero-order valence-corrected chi connectivity index (χ0v) is 11.9. The molecule has 1 nitrogen and oxygen atoms in total. The Balaban J connectivity index is 2.20. The van der Waals surface area contributed by atoms with Crippen LogP contribution in [0.4, 0.5) is 5.69 Å². The summed E-state index contributed by atoms with van der Waals surface area (Å²) in [6.07, 6.45) is 1.77. The second-order valence-corrected chi connectivity index (χ2v) is 6.01. The second kappa shape index (κ2) is 5.32. The smallest absolute Gasteiger partial charge is 0.0935 e. The number of rotatable bonds is 2. The Kier molecular flexibility index (Phi) is 4.03. The van der Waals surface area contributed by atoms with Crippen LogP contribution in [0.15, 0.2) is 39.8 Å². The highest BCUT2D eigenvalue weighted by atomic mass is 79.9. The largest absolute Gasteiger partial charge is 0.255 e. The molecule has 0 saturated heterocycles. The average Bonchev–Trinajstić information content (AvgIpc) is 2.66. The maximum absolute atomic E-state index is 5.96. The summed E-state index contributed by atoms with van der Waals surface area (Å²) >= 11 is 16.6. The van der Waals surface area contributed by atoms with Crippen LogP contribution >= 0.6 is 50.5 Å². The molecule has 82 valence electrons. The Hall–Kier alpha value is -0.350. The molecule has 1 aromatic carbocycles. The molecule has 16 heavy (non-hydrogen) atoms.